The van der Waals surface area contributed by atoms with Crippen molar-refractivity contribution in [2.45, 2.75) is 58.0 Å². The number of aliphatic imine (C=N–C) groups is 1. The van der Waals surface area contributed by atoms with E-state index >= 15 is 0 Å². The second kappa shape index (κ2) is 6.97. The molecular weight excluding hydrogens is 376 g/mol. The lowest BCUT2D eigenvalue weighted by molar-refractivity contribution is 0.178. The Bertz CT molecular complexity index is 851. The second-order valence-electron chi connectivity index (χ2n) is 8.66. The van der Waals surface area contributed by atoms with Gasteiger partial charge in [-0.3, -0.25) is 0 Å². The number of rotatable bonds is 3. The summed E-state index contributed by atoms with van der Waals surface area (Å²) in [6.45, 7) is 14.0. The van der Waals surface area contributed by atoms with Gasteiger partial charge in [-0.15, -0.1) is 0 Å². The van der Waals surface area contributed by atoms with Gasteiger partial charge in [0.1, 0.15) is 6.07 Å². The highest BCUT2D eigenvalue weighted by atomic mass is 35.5. The minimum absolute atomic E-state index is 0.0664. The molecule has 1 N–H and O–H groups in total. The van der Waals surface area contributed by atoms with E-state index in [-0.39, 0.29) is 17.2 Å². The van der Waals surface area contributed by atoms with E-state index in [1.165, 1.54) is 0 Å². The Balaban J connectivity index is 1.81. The number of benzene rings is 1. The van der Waals surface area contributed by atoms with Crippen LogP contribution in [0.3, 0.4) is 0 Å². The number of fused-ring (bicyclic) bond motifs is 1. The van der Waals surface area contributed by atoms with E-state index in [4.69, 9.17) is 26.3 Å². The van der Waals surface area contributed by atoms with Crippen LogP contribution in [0, 0.1) is 18.3 Å². The largest absolute Gasteiger partial charge is 0.408 e. The first-order valence-electron chi connectivity index (χ1n) is 9.21. The Morgan fingerprint density at radius 1 is 1.37 bits per heavy atom. The molecule has 0 unspecified atom stereocenters. The molecule has 27 heavy (non-hydrogen) atoms. The van der Waals surface area contributed by atoms with Crippen LogP contribution >= 0.6 is 11.6 Å². The first-order valence-corrected chi connectivity index (χ1v) is 12.5. The number of halogens is 1. The lowest BCUT2D eigenvalue weighted by atomic mass is 10.1. The Morgan fingerprint density at radius 3 is 2.70 bits per heavy atom. The summed E-state index contributed by atoms with van der Waals surface area (Å²) in [6, 6.07) is 5.87. The Morgan fingerprint density at radius 2 is 2.07 bits per heavy atom. The molecule has 0 aromatic heterocycles. The maximum atomic E-state index is 9.11. The van der Waals surface area contributed by atoms with Crippen LogP contribution in [-0.2, 0) is 4.43 Å². The van der Waals surface area contributed by atoms with Crippen LogP contribution in [0.25, 0.3) is 0 Å². The van der Waals surface area contributed by atoms with Crippen molar-refractivity contribution in [2.24, 2.45) is 4.99 Å². The monoisotopic (exact) mass is 402 g/mol. The molecule has 5 nitrogen and oxygen atoms in total. The zero-order chi connectivity index (χ0) is 20.0. The summed E-state index contributed by atoms with van der Waals surface area (Å²) in [7, 11) is -1.85. The molecule has 1 aromatic rings. The van der Waals surface area contributed by atoms with Gasteiger partial charge in [0.2, 0.25) is 5.96 Å². The second-order valence-corrected chi connectivity index (χ2v) is 13.8. The lowest BCUT2D eigenvalue weighted by Gasteiger charge is -2.39. The first-order chi connectivity index (χ1) is 12.5. The highest BCUT2D eigenvalue weighted by Crippen LogP contribution is 2.39. The zero-order valence-corrected chi connectivity index (χ0v) is 18.6. The van der Waals surface area contributed by atoms with Crippen molar-refractivity contribution in [3.05, 3.63) is 40.6 Å². The van der Waals surface area contributed by atoms with Gasteiger partial charge in [0, 0.05) is 12.7 Å². The summed E-state index contributed by atoms with van der Waals surface area (Å²) in [5.41, 5.74) is 2.05. The summed E-state index contributed by atoms with van der Waals surface area (Å²) in [6.07, 6.45) is 4.26. The average Bonchev–Trinajstić information content (AvgIpc) is 3.14. The van der Waals surface area contributed by atoms with Crippen LogP contribution in [0.5, 0.6) is 0 Å². The SMILES string of the molecule is Cc1c(/N=C2/NC[C@@H]3[C@H](O[Si](C)(C)C(C)(C)C)C=CN23)ccc(C#N)c1Cl. The molecule has 0 saturated carbocycles. The average molecular weight is 403 g/mol. The third-order valence-corrected chi connectivity index (χ3v) is 10.8. The Kier molecular flexibility index (Phi) is 5.15. The fraction of sp³-hybridized carbons (Fsp3) is 0.500. The number of hydrogen-bond donors (Lipinski definition) is 1. The van der Waals surface area contributed by atoms with Crippen LogP contribution in [0.1, 0.15) is 31.9 Å². The summed E-state index contributed by atoms with van der Waals surface area (Å²) < 4.78 is 6.61. The molecule has 2 atom stereocenters. The van der Waals surface area contributed by atoms with E-state index in [9.17, 15) is 0 Å². The zero-order valence-electron chi connectivity index (χ0n) is 16.8. The molecule has 0 amide bonds. The van der Waals surface area contributed by atoms with Gasteiger partial charge in [-0.05, 0) is 48.8 Å². The molecule has 2 aliphatic heterocycles. The van der Waals surface area contributed by atoms with E-state index in [0.29, 0.717) is 10.6 Å². The highest BCUT2D eigenvalue weighted by Gasteiger charge is 2.44. The maximum absolute atomic E-state index is 9.11. The smallest absolute Gasteiger partial charge is 0.203 e. The molecule has 2 heterocycles. The van der Waals surface area contributed by atoms with Gasteiger partial charge in [0.05, 0.1) is 28.4 Å². The van der Waals surface area contributed by atoms with Gasteiger partial charge in [-0.2, -0.15) is 5.26 Å². The van der Waals surface area contributed by atoms with Crippen molar-refractivity contribution < 1.29 is 4.43 Å². The fourth-order valence-corrected chi connectivity index (χ4v) is 4.50. The number of nitrogens with zero attached hydrogens (tertiary/aromatic N) is 3. The molecule has 1 saturated heterocycles. The molecule has 0 aliphatic carbocycles. The molecule has 2 aliphatic rings. The quantitative estimate of drug-likeness (QED) is 0.744. The normalized spacial score (nSPS) is 23.5. The van der Waals surface area contributed by atoms with E-state index in [1.54, 1.807) is 6.07 Å². The fourth-order valence-electron chi connectivity index (χ4n) is 3.03. The van der Waals surface area contributed by atoms with Gasteiger partial charge in [0.25, 0.3) is 0 Å². The van der Waals surface area contributed by atoms with Crippen molar-refractivity contribution in [3.63, 3.8) is 0 Å². The van der Waals surface area contributed by atoms with Crippen LogP contribution < -0.4 is 5.32 Å². The molecule has 1 fully saturated rings. The lowest BCUT2D eigenvalue weighted by Crippen LogP contribution is -2.47. The predicted molar refractivity (Wildman–Crippen MR) is 113 cm³/mol. The van der Waals surface area contributed by atoms with Crippen LogP contribution in [0.15, 0.2) is 29.4 Å². The summed E-state index contributed by atoms with van der Waals surface area (Å²) >= 11 is 6.28. The Hall–Kier alpha value is -1.81. The van der Waals surface area contributed by atoms with Crippen LogP contribution in [0.4, 0.5) is 5.69 Å². The third kappa shape index (κ3) is 3.64. The molecule has 7 heteroatoms. The van der Waals surface area contributed by atoms with Crippen LogP contribution in [0.2, 0.25) is 23.2 Å². The first kappa shape index (κ1) is 19.9. The summed E-state index contributed by atoms with van der Waals surface area (Å²) in [5.74, 6) is 0.793. The molecule has 0 radical (unpaired) electrons. The van der Waals surface area contributed by atoms with Crippen molar-refractivity contribution in [1.82, 2.24) is 10.2 Å². The topological polar surface area (TPSA) is 60.7 Å². The molecular formula is C20H27ClN4OSi. The number of guanidine groups is 1. The van der Waals surface area contributed by atoms with Gasteiger partial charge in [-0.25, -0.2) is 4.99 Å². The number of nitrogens with one attached hydrogen (secondary N) is 1. The van der Waals surface area contributed by atoms with Crippen molar-refractivity contribution in [1.29, 1.82) is 5.26 Å². The van der Waals surface area contributed by atoms with E-state index in [2.05, 4.69) is 62.4 Å². The van der Waals surface area contributed by atoms with E-state index in [1.807, 2.05) is 13.0 Å². The third-order valence-electron chi connectivity index (χ3n) is 5.83. The maximum Gasteiger partial charge on any atom is 0.203 e. The van der Waals surface area contributed by atoms with Gasteiger partial charge in [-0.1, -0.05) is 32.4 Å². The Labute approximate surface area is 167 Å². The molecule has 1 aromatic carbocycles. The van der Waals surface area contributed by atoms with Gasteiger partial charge >= 0.3 is 0 Å². The van der Waals surface area contributed by atoms with Gasteiger partial charge in [0.15, 0.2) is 8.32 Å². The molecule has 3 rings (SSSR count). The van der Waals surface area contributed by atoms with Crippen molar-refractivity contribution >= 4 is 31.6 Å². The van der Waals surface area contributed by atoms with E-state index in [0.717, 1.165) is 23.8 Å². The van der Waals surface area contributed by atoms with Crippen molar-refractivity contribution in [2.75, 3.05) is 6.54 Å². The predicted octanol–water partition coefficient (Wildman–Crippen LogP) is 4.70. The minimum Gasteiger partial charge on any atom is -0.408 e. The van der Waals surface area contributed by atoms with Crippen LogP contribution in [-0.4, -0.2) is 37.9 Å². The number of hydrogen-bond acceptors (Lipinski definition) is 3. The minimum atomic E-state index is -1.85. The van der Waals surface area contributed by atoms with E-state index < -0.39 is 8.32 Å². The van der Waals surface area contributed by atoms with Gasteiger partial charge < -0.3 is 14.6 Å². The standard InChI is InChI=1S/C20H27ClN4OSi/c1-13-15(8-7-14(11-22)18(13)21)24-19-23-12-16-17(9-10-25(16)19)26-27(5,6)20(2,3)4/h7-10,16-17H,12H2,1-6H3,(H,23,24)/t16-,17-/m1/s1. The highest BCUT2D eigenvalue weighted by molar-refractivity contribution is 6.74. The summed E-state index contributed by atoms with van der Waals surface area (Å²) in [5, 5.41) is 13.1. The van der Waals surface area contributed by atoms with Crippen molar-refractivity contribution in [3.8, 4) is 6.07 Å². The molecule has 144 valence electrons. The molecule has 0 bridgehead atoms. The molecule has 0 spiro atoms. The summed E-state index contributed by atoms with van der Waals surface area (Å²) in [4.78, 5) is 6.90. The number of nitriles is 1.